The van der Waals surface area contributed by atoms with Crippen molar-refractivity contribution in [2.75, 3.05) is 18.8 Å². The van der Waals surface area contributed by atoms with Crippen molar-refractivity contribution in [3.63, 3.8) is 0 Å². The zero-order valence-corrected chi connectivity index (χ0v) is 9.99. The monoisotopic (exact) mass is 241 g/mol. The average molecular weight is 241 g/mol. The number of amides is 1. The highest BCUT2D eigenvalue weighted by molar-refractivity contribution is 8.13. The number of aryl methyl sites for hydroxylation is 1. The lowest BCUT2D eigenvalue weighted by Gasteiger charge is -2.11. The Bertz CT molecular complexity index is 400. The summed E-state index contributed by atoms with van der Waals surface area (Å²) in [5.41, 5.74) is 0. The molecule has 0 unspecified atom stereocenters. The minimum absolute atomic E-state index is 0.0247. The van der Waals surface area contributed by atoms with Crippen molar-refractivity contribution in [1.29, 1.82) is 0 Å². The maximum absolute atomic E-state index is 11.8. The van der Waals surface area contributed by atoms with Crippen LogP contribution in [0.4, 0.5) is 4.79 Å². The number of carbonyl (C=O) groups is 2. The van der Waals surface area contributed by atoms with Crippen LogP contribution in [-0.4, -0.2) is 34.8 Å². The number of ketones is 1. The number of Topliss-reactive ketones (excluding diaryl/α,β-unsaturated/α-hetero) is 1. The molecule has 0 N–H and O–H groups in total. The van der Waals surface area contributed by atoms with Gasteiger partial charge in [-0.05, 0) is 19.1 Å². The molecule has 0 aliphatic carbocycles. The fourth-order valence-electron chi connectivity index (χ4n) is 1.40. The third-order valence-corrected chi connectivity index (χ3v) is 4.13. The normalized spacial score (nSPS) is 16.1. The molecule has 1 aromatic heterocycles. The van der Waals surface area contributed by atoms with Gasteiger partial charge in [-0.25, -0.2) is 0 Å². The smallest absolute Gasteiger partial charge is 0.282 e. The van der Waals surface area contributed by atoms with Crippen LogP contribution in [0.3, 0.4) is 0 Å². The minimum Gasteiger partial charge on any atom is -0.325 e. The topological polar surface area (TPSA) is 37.4 Å². The molecule has 5 heteroatoms. The van der Waals surface area contributed by atoms with Crippen molar-refractivity contribution in [3.05, 3.63) is 21.9 Å². The Balaban J connectivity index is 2.00. The molecule has 0 atom stereocenters. The summed E-state index contributed by atoms with van der Waals surface area (Å²) in [7, 11) is 0. The lowest BCUT2D eigenvalue weighted by atomic mass is 10.3. The van der Waals surface area contributed by atoms with E-state index in [0.717, 1.165) is 15.5 Å². The molecular formula is C10H11NO2S2. The van der Waals surface area contributed by atoms with E-state index in [1.54, 1.807) is 4.90 Å². The molecule has 1 aromatic rings. The first-order valence-corrected chi connectivity index (χ1v) is 6.48. The van der Waals surface area contributed by atoms with E-state index in [-0.39, 0.29) is 17.6 Å². The van der Waals surface area contributed by atoms with Crippen LogP contribution in [0, 0.1) is 6.92 Å². The van der Waals surface area contributed by atoms with Gasteiger partial charge in [-0.3, -0.25) is 9.59 Å². The highest BCUT2D eigenvalue weighted by Gasteiger charge is 2.24. The first-order chi connectivity index (χ1) is 7.16. The number of rotatable bonds is 3. The van der Waals surface area contributed by atoms with E-state index in [4.69, 9.17) is 0 Å². The van der Waals surface area contributed by atoms with Crippen molar-refractivity contribution in [3.8, 4) is 0 Å². The Labute approximate surface area is 96.5 Å². The Morgan fingerprint density at radius 1 is 1.53 bits per heavy atom. The molecule has 3 nitrogen and oxygen atoms in total. The molecule has 1 saturated heterocycles. The number of thioether (sulfide) groups is 1. The number of thiophene rings is 1. The maximum Gasteiger partial charge on any atom is 0.282 e. The second-order valence-electron chi connectivity index (χ2n) is 3.37. The standard InChI is InChI=1S/C10H11NO2S2/c1-7-2-3-9(15-7)8(12)6-11-4-5-14-10(11)13/h2-3H,4-6H2,1H3. The van der Waals surface area contributed by atoms with E-state index in [1.807, 2.05) is 19.1 Å². The highest BCUT2D eigenvalue weighted by atomic mass is 32.2. The Hall–Kier alpha value is -0.810. The molecule has 2 heterocycles. The van der Waals surface area contributed by atoms with Gasteiger partial charge < -0.3 is 4.90 Å². The molecule has 0 bridgehead atoms. The van der Waals surface area contributed by atoms with Crippen molar-refractivity contribution < 1.29 is 9.59 Å². The third-order valence-electron chi connectivity index (χ3n) is 2.19. The predicted octanol–water partition coefficient (Wildman–Crippen LogP) is 2.41. The summed E-state index contributed by atoms with van der Waals surface area (Å²) >= 11 is 2.77. The predicted molar refractivity (Wildman–Crippen MR) is 62.8 cm³/mol. The fraction of sp³-hybridized carbons (Fsp3) is 0.400. The molecular weight excluding hydrogens is 230 g/mol. The zero-order chi connectivity index (χ0) is 10.8. The quantitative estimate of drug-likeness (QED) is 0.763. The summed E-state index contributed by atoms with van der Waals surface area (Å²) in [6.45, 7) is 2.89. The van der Waals surface area contributed by atoms with Gasteiger partial charge in [0.05, 0.1) is 11.4 Å². The lowest BCUT2D eigenvalue weighted by molar-refractivity contribution is 0.0960. The molecule has 0 aromatic carbocycles. The van der Waals surface area contributed by atoms with Gasteiger partial charge >= 0.3 is 0 Å². The molecule has 0 radical (unpaired) electrons. The van der Waals surface area contributed by atoms with Gasteiger partial charge in [0.1, 0.15) is 0 Å². The molecule has 0 spiro atoms. The molecule has 1 fully saturated rings. The number of nitrogens with zero attached hydrogens (tertiary/aromatic N) is 1. The van der Waals surface area contributed by atoms with Crippen molar-refractivity contribution in [2.24, 2.45) is 0 Å². The van der Waals surface area contributed by atoms with Crippen LogP contribution in [0.5, 0.6) is 0 Å². The van der Waals surface area contributed by atoms with Crippen LogP contribution in [-0.2, 0) is 0 Å². The fourth-order valence-corrected chi connectivity index (χ4v) is 3.03. The molecule has 2 rings (SSSR count). The van der Waals surface area contributed by atoms with Crippen LogP contribution in [0.1, 0.15) is 14.5 Å². The summed E-state index contributed by atoms with van der Waals surface area (Å²) < 4.78 is 0. The maximum atomic E-state index is 11.8. The molecule has 15 heavy (non-hydrogen) atoms. The summed E-state index contributed by atoms with van der Waals surface area (Å²) in [5, 5.41) is 0.0247. The first kappa shape index (κ1) is 10.7. The third kappa shape index (κ3) is 2.41. The largest absolute Gasteiger partial charge is 0.325 e. The summed E-state index contributed by atoms with van der Waals surface area (Å²) in [4.78, 5) is 26.5. The van der Waals surface area contributed by atoms with Crippen molar-refractivity contribution in [2.45, 2.75) is 6.92 Å². The van der Waals surface area contributed by atoms with E-state index in [1.165, 1.54) is 23.1 Å². The van der Waals surface area contributed by atoms with Crippen LogP contribution < -0.4 is 0 Å². The van der Waals surface area contributed by atoms with E-state index in [9.17, 15) is 9.59 Å². The van der Waals surface area contributed by atoms with Gasteiger partial charge in [0.2, 0.25) is 0 Å². The Morgan fingerprint density at radius 2 is 2.33 bits per heavy atom. The summed E-state index contributed by atoms with van der Waals surface area (Å²) in [6, 6.07) is 3.76. The van der Waals surface area contributed by atoms with E-state index in [2.05, 4.69) is 0 Å². The lowest BCUT2D eigenvalue weighted by Crippen LogP contribution is -2.29. The van der Waals surface area contributed by atoms with Gasteiger partial charge in [-0.2, -0.15) is 0 Å². The van der Waals surface area contributed by atoms with Crippen molar-refractivity contribution >= 4 is 34.1 Å². The van der Waals surface area contributed by atoms with Gasteiger partial charge in [-0.15, -0.1) is 11.3 Å². The van der Waals surface area contributed by atoms with E-state index >= 15 is 0 Å². The summed E-state index contributed by atoms with van der Waals surface area (Å²) in [6.07, 6.45) is 0. The average Bonchev–Trinajstić information content (AvgIpc) is 2.77. The van der Waals surface area contributed by atoms with Gasteiger partial charge in [0.25, 0.3) is 5.24 Å². The molecule has 0 saturated carbocycles. The van der Waals surface area contributed by atoms with Crippen LogP contribution >= 0.6 is 23.1 Å². The molecule has 1 aliphatic rings. The Morgan fingerprint density at radius 3 is 2.87 bits per heavy atom. The number of carbonyl (C=O) groups excluding carboxylic acids is 2. The molecule has 1 aliphatic heterocycles. The van der Waals surface area contributed by atoms with Crippen LogP contribution in [0.15, 0.2) is 12.1 Å². The van der Waals surface area contributed by atoms with Gasteiger partial charge in [0.15, 0.2) is 5.78 Å². The number of hydrogen-bond donors (Lipinski definition) is 0. The van der Waals surface area contributed by atoms with Crippen LogP contribution in [0.25, 0.3) is 0 Å². The first-order valence-electron chi connectivity index (χ1n) is 4.68. The van der Waals surface area contributed by atoms with Crippen molar-refractivity contribution in [1.82, 2.24) is 4.90 Å². The molecule has 80 valence electrons. The number of hydrogen-bond acceptors (Lipinski definition) is 4. The molecule has 1 amide bonds. The second kappa shape index (κ2) is 4.37. The van der Waals surface area contributed by atoms with Gasteiger partial charge in [-0.1, -0.05) is 11.8 Å². The van der Waals surface area contributed by atoms with E-state index < -0.39 is 0 Å². The zero-order valence-electron chi connectivity index (χ0n) is 8.36. The van der Waals surface area contributed by atoms with Crippen LogP contribution in [0.2, 0.25) is 0 Å². The van der Waals surface area contributed by atoms with Gasteiger partial charge in [0, 0.05) is 17.2 Å². The summed E-state index contributed by atoms with van der Waals surface area (Å²) in [5.74, 6) is 0.846. The second-order valence-corrected chi connectivity index (χ2v) is 5.70. The Kier molecular flexibility index (Phi) is 3.11. The van der Waals surface area contributed by atoms with E-state index in [0.29, 0.717) is 6.54 Å². The minimum atomic E-state index is 0.0247. The highest BCUT2D eigenvalue weighted by Crippen LogP contribution is 2.20. The SMILES string of the molecule is Cc1ccc(C(=O)CN2CCSC2=O)s1.